The second kappa shape index (κ2) is 5.95. The largest absolute Gasteiger partial charge is 0.493 e. The van der Waals surface area contributed by atoms with E-state index >= 15 is 0 Å². The molecule has 1 aromatic heterocycles. The average Bonchev–Trinajstić information content (AvgIpc) is 2.76. The van der Waals surface area contributed by atoms with Crippen LogP contribution in [0.4, 0.5) is 0 Å². The predicted octanol–water partition coefficient (Wildman–Crippen LogP) is 2.15. The highest BCUT2D eigenvalue weighted by Gasteiger charge is 2.12. The van der Waals surface area contributed by atoms with E-state index in [4.69, 9.17) is 21.1 Å². The average molecular weight is 283 g/mol. The van der Waals surface area contributed by atoms with Crippen LogP contribution >= 0.6 is 11.6 Å². The Morgan fingerprint density at radius 1 is 1.42 bits per heavy atom. The van der Waals surface area contributed by atoms with Gasteiger partial charge in [-0.15, -0.1) is 0 Å². The van der Waals surface area contributed by atoms with Crippen LogP contribution in [0.15, 0.2) is 24.4 Å². The molecule has 0 bridgehead atoms. The quantitative estimate of drug-likeness (QED) is 0.913. The topological polar surface area (TPSA) is 56.5 Å². The summed E-state index contributed by atoms with van der Waals surface area (Å²) in [7, 11) is 3.37. The summed E-state index contributed by atoms with van der Waals surface area (Å²) in [4.78, 5) is 4.14. The Bertz CT molecular complexity index is 547. The first-order valence-corrected chi connectivity index (χ1v) is 6.10. The van der Waals surface area contributed by atoms with E-state index in [-0.39, 0.29) is 13.2 Å². The lowest BCUT2D eigenvalue weighted by Gasteiger charge is -2.13. The van der Waals surface area contributed by atoms with Gasteiger partial charge in [0.1, 0.15) is 17.6 Å². The lowest BCUT2D eigenvalue weighted by molar-refractivity contribution is 0.244. The number of hydrogen-bond acceptors (Lipinski definition) is 4. The molecule has 19 heavy (non-hydrogen) atoms. The molecular formula is C13H15ClN2O3. The molecule has 0 aliphatic heterocycles. The van der Waals surface area contributed by atoms with Gasteiger partial charge in [0.2, 0.25) is 0 Å². The summed E-state index contributed by atoms with van der Waals surface area (Å²) in [5.74, 6) is 1.79. The predicted molar refractivity (Wildman–Crippen MR) is 71.5 cm³/mol. The van der Waals surface area contributed by atoms with E-state index < -0.39 is 0 Å². The van der Waals surface area contributed by atoms with Gasteiger partial charge in [-0.05, 0) is 6.07 Å². The third-order valence-corrected chi connectivity index (χ3v) is 3.18. The monoisotopic (exact) mass is 282 g/mol. The summed E-state index contributed by atoms with van der Waals surface area (Å²) in [6.07, 6.45) is 1.56. The van der Waals surface area contributed by atoms with E-state index in [2.05, 4.69) is 4.98 Å². The fraction of sp³-hybridized carbons (Fsp3) is 0.308. The number of aliphatic hydroxyl groups is 1. The number of hydrogen-bond donors (Lipinski definition) is 1. The number of para-hydroxylation sites is 1. The van der Waals surface area contributed by atoms with Crippen LogP contribution in [0.3, 0.4) is 0 Å². The van der Waals surface area contributed by atoms with Crippen molar-refractivity contribution in [2.45, 2.75) is 13.2 Å². The maximum absolute atomic E-state index is 9.32. The highest BCUT2D eigenvalue weighted by Crippen LogP contribution is 2.31. The van der Waals surface area contributed by atoms with Crippen LogP contribution < -0.4 is 9.47 Å². The molecule has 0 saturated heterocycles. The summed E-state index contributed by atoms with van der Waals surface area (Å²) >= 11 is 5.91. The second-order valence-corrected chi connectivity index (χ2v) is 4.34. The maximum atomic E-state index is 9.32. The molecule has 0 saturated carbocycles. The van der Waals surface area contributed by atoms with Crippen molar-refractivity contribution in [3.8, 4) is 11.5 Å². The molecule has 0 amide bonds. The Morgan fingerprint density at radius 3 is 2.79 bits per heavy atom. The molecule has 1 heterocycles. The normalized spacial score (nSPS) is 10.5. The van der Waals surface area contributed by atoms with Crippen molar-refractivity contribution in [2.24, 2.45) is 7.05 Å². The maximum Gasteiger partial charge on any atom is 0.167 e. The van der Waals surface area contributed by atoms with Crippen molar-refractivity contribution < 1.29 is 14.6 Å². The van der Waals surface area contributed by atoms with Gasteiger partial charge in [-0.2, -0.15) is 0 Å². The standard InChI is InChI=1S/C13H15ClN2O3/c1-16-11(14)6-15-12(16)8-19-13-9(7-17)4-3-5-10(13)18-2/h3-6,17H,7-8H2,1-2H3. The van der Waals surface area contributed by atoms with Gasteiger partial charge in [-0.3, -0.25) is 0 Å². The molecule has 5 nitrogen and oxygen atoms in total. The van der Waals surface area contributed by atoms with Crippen molar-refractivity contribution in [1.82, 2.24) is 9.55 Å². The molecule has 0 unspecified atom stereocenters. The molecule has 0 spiro atoms. The van der Waals surface area contributed by atoms with Crippen LogP contribution in [0.2, 0.25) is 5.15 Å². The molecule has 2 rings (SSSR count). The molecule has 1 N–H and O–H groups in total. The Balaban J connectivity index is 2.21. The van der Waals surface area contributed by atoms with Gasteiger partial charge >= 0.3 is 0 Å². The first kappa shape index (κ1) is 13.7. The summed E-state index contributed by atoms with van der Waals surface area (Å²) in [6, 6.07) is 5.36. The van der Waals surface area contributed by atoms with Gasteiger partial charge < -0.3 is 19.1 Å². The van der Waals surface area contributed by atoms with Crippen LogP contribution in [0.1, 0.15) is 11.4 Å². The second-order valence-electron chi connectivity index (χ2n) is 3.95. The lowest BCUT2D eigenvalue weighted by Crippen LogP contribution is -2.06. The molecule has 0 atom stereocenters. The minimum atomic E-state index is -0.117. The first-order valence-electron chi connectivity index (χ1n) is 5.73. The number of rotatable bonds is 5. The third kappa shape index (κ3) is 2.83. The van der Waals surface area contributed by atoms with E-state index in [1.165, 1.54) is 0 Å². The molecule has 1 aromatic carbocycles. The fourth-order valence-electron chi connectivity index (χ4n) is 1.71. The van der Waals surface area contributed by atoms with Gasteiger partial charge in [-0.25, -0.2) is 4.98 Å². The molecule has 0 fully saturated rings. The van der Waals surface area contributed by atoms with Crippen LogP contribution in [-0.2, 0) is 20.3 Å². The van der Waals surface area contributed by atoms with E-state index in [9.17, 15) is 5.11 Å². The summed E-state index contributed by atoms with van der Waals surface area (Å²) in [5, 5.41) is 9.86. The van der Waals surface area contributed by atoms with Gasteiger partial charge in [0.25, 0.3) is 0 Å². The zero-order valence-corrected chi connectivity index (χ0v) is 11.5. The van der Waals surface area contributed by atoms with Crippen LogP contribution in [0.5, 0.6) is 11.5 Å². The van der Waals surface area contributed by atoms with E-state index in [1.54, 1.807) is 36.1 Å². The summed E-state index contributed by atoms with van der Waals surface area (Å²) in [6.45, 7) is 0.129. The van der Waals surface area contributed by atoms with Crippen LogP contribution in [0, 0.1) is 0 Å². The highest BCUT2D eigenvalue weighted by atomic mass is 35.5. The Labute approximate surface area is 116 Å². The van der Waals surface area contributed by atoms with E-state index in [0.717, 1.165) is 0 Å². The number of ether oxygens (including phenoxy) is 2. The van der Waals surface area contributed by atoms with Crippen molar-refractivity contribution in [2.75, 3.05) is 7.11 Å². The van der Waals surface area contributed by atoms with Crippen molar-refractivity contribution in [3.63, 3.8) is 0 Å². The Kier molecular flexibility index (Phi) is 4.29. The molecule has 102 valence electrons. The molecule has 0 aliphatic carbocycles. The number of aliphatic hydroxyl groups excluding tert-OH is 1. The van der Waals surface area contributed by atoms with Gasteiger partial charge in [0.15, 0.2) is 11.5 Å². The number of imidazole rings is 1. The van der Waals surface area contributed by atoms with E-state index in [0.29, 0.717) is 28.0 Å². The number of nitrogens with zero attached hydrogens (tertiary/aromatic N) is 2. The highest BCUT2D eigenvalue weighted by molar-refractivity contribution is 6.29. The van der Waals surface area contributed by atoms with Crippen LogP contribution in [0.25, 0.3) is 0 Å². The smallest absolute Gasteiger partial charge is 0.167 e. The molecular weight excluding hydrogens is 268 g/mol. The lowest BCUT2D eigenvalue weighted by atomic mass is 10.2. The molecule has 6 heteroatoms. The first-order chi connectivity index (χ1) is 9.17. The van der Waals surface area contributed by atoms with Crippen LogP contribution in [-0.4, -0.2) is 21.8 Å². The van der Waals surface area contributed by atoms with Crippen molar-refractivity contribution in [3.05, 3.63) is 40.9 Å². The fourth-order valence-corrected chi connectivity index (χ4v) is 1.85. The SMILES string of the molecule is COc1cccc(CO)c1OCc1ncc(Cl)n1C. The van der Waals surface area contributed by atoms with Gasteiger partial charge in [0, 0.05) is 12.6 Å². The minimum absolute atomic E-state index is 0.117. The molecule has 2 aromatic rings. The zero-order chi connectivity index (χ0) is 13.8. The number of halogens is 1. The molecule has 0 aliphatic rings. The van der Waals surface area contributed by atoms with Crippen molar-refractivity contribution in [1.29, 1.82) is 0 Å². The van der Waals surface area contributed by atoms with Crippen molar-refractivity contribution >= 4 is 11.6 Å². The summed E-state index contributed by atoms with van der Waals surface area (Å²) < 4.78 is 12.7. The zero-order valence-electron chi connectivity index (χ0n) is 10.8. The summed E-state index contributed by atoms with van der Waals surface area (Å²) in [5.41, 5.74) is 0.666. The van der Waals surface area contributed by atoms with E-state index in [1.807, 2.05) is 7.05 Å². The van der Waals surface area contributed by atoms with Gasteiger partial charge in [-0.1, -0.05) is 23.7 Å². The Hall–Kier alpha value is -1.72. The number of benzene rings is 1. The Morgan fingerprint density at radius 2 is 2.21 bits per heavy atom. The minimum Gasteiger partial charge on any atom is -0.493 e. The third-order valence-electron chi connectivity index (χ3n) is 2.82. The van der Waals surface area contributed by atoms with Gasteiger partial charge in [0.05, 0.1) is 19.9 Å². The number of aromatic nitrogens is 2. The molecule has 0 radical (unpaired) electrons. The number of methoxy groups -OCH3 is 1.